The van der Waals surface area contributed by atoms with E-state index in [-0.39, 0.29) is 18.1 Å². The molecule has 90 valence electrons. The molecule has 0 aromatic heterocycles. The Morgan fingerprint density at radius 2 is 1.73 bits per heavy atom. The molecule has 0 spiro atoms. The van der Waals surface area contributed by atoms with Gasteiger partial charge in [0.25, 0.3) is 0 Å². The van der Waals surface area contributed by atoms with E-state index >= 15 is 0 Å². The van der Waals surface area contributed by atoms with Crippen molar-refractivity contribution in [3.05, 3.63) is 0 Å². The van der Waals surface area contributed by atoms with Crippen LogP contribution in [0.1, 0.15) is 20.8 Å². The molecule has 0 aromatic rings. The van der Waals surface area contributed by atoms with E-state index in [4.69, 9.17) is 4.74 Å². The lowest BCUT2D eigenvalue weighted by Gasteiger charge is -2.19. The predicted molar refractivity (Wildman–Crippen MR) is 51.6 cm³/mol. The van der Waals surface area contributed by atoms with E-state index in [1.807, 2.05) is 20.8 Å². The SMILES string of the molecule is CC1OC(C)C(CNCC(F)(F)F)C1C. The summed E-state index contributed by atoms with van der Waals surface area (Å²) in [6.45, 7) is 5.35. The highest BCUT2D eigenvalue weighted by Gasteiger charge is 2.37. The lowest BCUT2D eigenvalue weighted by Crippen LogP contribution is -2.36. The molecule has 4 atom stereocenters. The van der Waals surface area contributed by atoms with Gasteiger partial charge in [0, 0.05) is 12.5 Å². The Morgan fingerprint density at radius 1 is 1.13 bits per heavy atom. The molecule has 1 heterocycles. The first-order chi connectivity index (χ1) is 6.81. The molecular weight excluding hydrogens is 207 g/mol. The maximum atomic E-state index is 11.9. The van der Waals surface area contributed by atoms with Crippen LogP contribution >= 0.6 is 0 Å². The van der Waals surface area contributed by atoms with E-state index < -0.39 is 12.7 Å². The minimum atomic E-state index is -4.13. The third-order valence-corrected chi connectivity index (χ3v) is 3.15. The second-order valence-electron chi connectivity index (χ2n) is 4.32. The van der Waals surface area contributed by atoms with Gasteiger partial charge in [0.15, 0.2) is 0 Å². The van der Waals surface area contributed by atoms with Crippen LogP contribution in [0.4, 0.5) is 13.2 Å². The minimum absolute atomic E-state index is 0.0377. The van der Waals surface area contributed by atoms with Crippen molar-refractivity contribution in [3.8, 4) is 0 Å². The quantitative estimate of drug-likeness (QED) is 0.795. The summed E-state index contributed by atoms with van der Waals surface area (Å²) in [5, 5.41) is 2.44. The Bertz CT molecular complexity index is 207. The Hall–Kier alpha value is -0.290. The fourth-order valence-corrected chi connectivity index (χ4v) is 2.07. The average Bonchev–Trinajstić information content (AvgIpc) is 2.29. The summed E-state index contributed by atoms with van der Waals surface area (Å²) in [6, 6.07) is 0. The average molecular weight is 225 g/mol. The Balaban J connectivity index is 2.32. The molecule has 1 rings (SSSR count). The molecule has 5 heteroatoms. The molecule has 0 radical (unpaired) electrons. The van der Waals surface area contributed by atoms with Crippen molar-refractivity contribution < 1.29 is 17.9 Å². The van der Waals surface area contributed by atoms with Gasteiger partial charge in [-0.3, -0.25) is 0 Å². The molecular formula is C10H18F3NO. The molecule has 1 aliphatic rings. The maximum absolute atomic E-state index is 11.9. The first kappa shape index (κ1) is 12.8. The highest BCUT2D eigenvalue weighted by molar-refractivity contribution is 4.85. The number of hydrogen-bond donors (Lipinski definition) is 1. The minimum Gasteiger partial charge on any atom is -0.375 e. The molecule has 15 heavy (non-hydrogen) atoms. The Labute approximate surface area is 88.2 Å². The summed E-state index contributed by atoms with van der Waals surface area (Å²) in [6.07, 6.45) is -3.95. The van der Waals surface area contributed by atoms with E-state index in [1.54, 1.807) is 0 Å². The van der Waals surface area contributed by atoms with Crippen LogP contribution in [0, 0.1) is 11.8 Å². The molecule has 4 unspecified atom stereocenters. The lowest BCUT2D eigenvalue weighted by molar-refractivity contribution is -0.125. The van der Waals surface area contributed by atoms with Crippen molar-refractivity contribution in [3.63, 3.8) is 0 Å². The fraction of sp³-hybridized carbons (Fsp3) is 1.00. The third-order valence-electron chi connectivity index (χ3n) is 3.15. The zero-order valence-electron chi connectivity index (χ0n) is 9.27. The zero-order valence-corrected chi connectivity index (χ0v) is 9.27. The second kappa shape index (κ2) is 4.70. The largest absolute Gasteiger partial charge is 0.401 e. The van der Waals surface area contributed by atoms with Gasteiger partial charge >= 0.3 is 6.18 Å². The highest BCUT2D eigenvalue weighted by Crippen LogP contribution is 2.31. The molecule has 1 fully saturated rings. The van der Waals surface area contributed by atoms with Gasteiger partial charge in [0.2, 0.25) is 0 Å². The maximum Gasteiger partial charge on any atom is 0.401 e. The molecule has 1 aliphatic heterocycles. The fourth-order valence-electron chi connectivity index (χ4n) is 2.07. The van der Waals surface area contributed by atoms with Gasteiger partial charge < -0.3 is 10.1 Å². The number of hydrogen-bond acceptors (Lipinski definition) is 2. The van der Waals surface area contributed by atoms with Gasteiger partial charge in [0.05, 0.1) is 18.8 Å². The number of nitrogens with one attached hydrogen (secondary N) is 1. The van der Waals surface area contributed by atoms with Crippen LogP contribution in [-0.4, -0.2) is 31.5 Å². The summed E-state index contributed by atoms with van der Waals surface area (Å²) in [7, 11) is 0. The molecule has 1 N–H and O–H groups in total. The van der Waals surface area contributed by atoms with E-state index in [9.17, 15) is 13.2 Å². The first-order valence-electron chi connectivity index (χ1n) is 5.24. The molecule has 1 saturated heterocycles. The Morgan fingerprint density at radius 3 is 2.13 bits per heavy atom. The van der Waals surface area contributed by atoms with Crippen LogP contribution in [0.3, 0.4) is 0 Å². The number of alkyl halides is 3. The monoisotopic (exact) mass is 225 g/mol. The summed E-state index contributed by atoms with van der Waals surface area (Å²) < 4.78 is 41.3. The van der Waals surface area contributed by atoms with Crippen molar-refractivity contribution >= 4 is 0 Å². The van der Waals surface area contributed by atoms with Crippen LogP contribution in [0.5, 0.6) is 0 Å². The van der Waals surface area contributed by atoms with Gasteiger partial charge in [-0.25, -0.2) is 0 Å². The zero-order chi connectivity index (χ0) is 11.6. The van der Waals surface area contributed by atoms with Gasteiger partial charge in [-0.2, -0.15) is 13.2 Å². The van der Waals surface area contributed by atoms with Gasteiger partial charge in [-0.15, -0.1) is 0 Å². The van der Waals surface area contributed by atoms with E-state index in [1.165, 1.54) is 0 Å². The summed E-state index contributed by atoms with van der Waals surface area (Å²) in [5.74, 6) is 0.475. The smallest absolute Gasteiger partial charge is 0.375 e. The van der Waals surface area contributed by atoms with Crippen molar-refractivity contribution in [2.45, 2.75) is 39.2 Å². The molecule has 2 nitrogen and oxygen atoms in total. The van der Waals surface area contributed by atoms with Gasteiger partial charge in [0.1, 0.15) is 0 Å². The van der Waals surface area contributed by atoms with Crippen molar-refractivity contribution in [2.24, 2.45) is 11.8 Å². The number of halogens is 3. The lowest BCUT2D eigenvalue weighted by atomic mass is 9.89. The van der Waals surface area contributed by atoms with Crippen LogP contribution in [0.15, 0.2) is 0 Å². The van der Waals surface area contributed by atoms with E-state index in [2.05, 4.69) is 5.32 Å². The van der Waals surface area contributed by atoms with Crippen LogP contribution in [0.2, 0.25) is 0 Å². The molecule has 0 bridgehead atoms. The normalized spacial score (nSPS) is 37.2. The number of ether oxygens (including phenoxy) is 1. The molecule has 0 saturated carbocycles. The van der Waals surface area contributed by atoms with Crippen LogP contribution < -0.4 is 5.32 Å². The van der Waals surface area contributed by atoms with Crippen molar-refractivity contribution in [1.29, 1.82) is 0 Å². The van der Waals surface area contributed by atoms with Crippen LogP contribution in [-0.2, 0) is 4.74 Å². The van der Waals surface area contributed by atoms with E-state index in [0.717, 1.165) is 0 Å². The third kappa shape index (κ3) is 3.65. The van der Waals surface area contributed by atoms with Crippen molar-refractivity contribution in [1.82, 2.24) is 5.32 Å². The van der Waals surface area contributed by atoms with Gasteiger partial charge in [-0.1, -0.05) is 6.92 Å². The predicted octanol–water partition coefficient (Wildman–Crippen LogP) is 2.20. The summed E-state index contributed by atoms with van der Waals surface area (Å²) in [5.41, 5.74) is 0. The van der Waals surface area contributed by atoms with Gasteiger partial charge in [-0.05, 0) is 19.8 Å². The number of rotatable bonds is 3. The van der Waals surface area contributed by atoms with Crippen LogP contribution in [0.25, 0.3) is 0 Å². The molecule has 0 aromatic carbocycles. The summed E-state index contributed by atoms with van der Waals surface area (Å²) >= 11 is 0. The molecule has 0 aliphatic carbocycles. The Kier molecular flexibility index (Phi) is 4.00. The van der Waals surface area contributed by atoms with E-state index in [0.29, 0.717) is 12.5 Å². The summed E-state index contributed by atoms with van der Waals surface area (Å²) in [4.78, 5) is 0. The van der Waals surface area contributed by atoms with Crippen molar-refractivity contribution in [2.75, 3.05) is 13.1 Å². The first-order valence-corrected chi connectivity index (χ1v) is 5.24. The topological polar surface area (TPSA) is 21.3 Å². The molecule has 0 amide bonds. The standard InChI is InChI=1S/C10H18F3NO/c1-6-7(2)15-8(3)9(6)4-14-5-10(11,12)13/h6-9,14H,4-5H2,1-3H3. The second-order valence-corrected chi connectivity index (χ2v) is 4.32. The highest BCUT2D eigenvalue weighted by atomic mass is 19.4.